The van der Waals surface area contributed by atoms with Crippen molar-refractivity contribution in [1.29, 1.82) is 0 Å². The second kappa shape index (κ2) is 4.51. The monoisotopic (exact) mass is 199 g/mol. The molecular weight excluding hydrogens is 184 g/mol. The van der Waals surface area contributed by atoms with Gasteiger partial charge in [-0.1, -0.05) is 6.07 Å². The molecule has 0 radical (unpaired) electrons. The first-order valence-corrected chi connectivity index (χ1v) is 4.65. The second-order valence-electron chi connectivity index (χ2n) is 3.76. The van der Waals surface area contributed by atoms with Crippen LogP contribution in [-0.4, -0.2) is 18.0 Å². The summed E-state index contributed by atoms with van der Waals surface area (Å²) in [6, 6.07) is 4.41. The molecular formula is C11H15F2N. The average Bonchev–Trinajstić information content (AvgIpc) is 2.11. The van der Waals surface area contributed by atoms with Crippen LogP contribution in [0.5, 0.6) is 0 Å². The van der Waals surface area contributed by atoms with Gasteiger partial charge in [0.25, 0.3) is 0 Å². The number of halogens is 2. The maximum atomic E-state index is 12.8. The summed E-state index contributed by atoms with van der Waals surface area (Å²) >= 11 is 0. The van der Waals surface area contributed by atoms with Crippen molar-refractivity contribution in [3.63, 3.8) is 0 Å². The van der Waals surface area contributed by atoms with E-state index in [4.69, 9.17) is 0 Å². The lowest BCUT2D eigenvalue weighted by molar-refractivity contribution is 0.265. The van der Waals surface area contributed by atoms with Crippen LogP contribution in [-0.2, 0) is 6.54 Å². The Hall–Kier alpha value is -0.960. The van der Waals surface area contributed by atoms with Crippen LogP contribution in [0.2, 0.25) is 0 Å². The molecule has 0 aliphatic carbocycles. The van der Waals surface area contributed by atoms with Crippen molar-refractivity contribution in [2.75, 3.05) is 7.05 Å². The molecule has 0 fully saturated rings. The van der Waals surface area contributed by atoms with Gasteiger partial charge < -0.3 is 0 Å². The van der Waals surface area contributed by atoms with Gasteiger partial charge in [0.1, 0.15) is 0 Å². The third kappa shape index (κ3) is 2.77. The van der Waals surface area contributed by atoms with Crippen LogP contribution in [0.25, 0.3) is 0 Å². The van der Waals surface area contributed by atoms with E-state index in [0.29, 0.717) is 12.6 Å². The predicted octanol–water partition coefficient (Wildman–Crippen LogP) is 2.81. The lowest BCUT2D eigenvalue weighted by Crippen LogP contribution is -2.25. The Morgan fingerprint density at radius 2 is 1.86 bits per heavy atom. The molecule has 0 heterocycles. The molecule has 0 bridgehead atoms. The van der Waals surface area contributed by atoms with Gasteiger partial charge in [-0.05, 0) is 38.6 Å². The lowest BCUT2D eigenvalue weighted by atomic mass is 10.2. The van der Waals surface area contributed by atoms with E-state index in [-0.39, 0.29) is 0 Å². The van der Waals surface area contributed by atoms with Gasteiger partial charge in [0.15, 0.2) is 11.6 Å². The van der Waals surface area contributed by atoms with Crippen LogP contribution in [0.15, 0.2) is 18.2 Å². The van der Waals surface area contributed by atoms with Crippen molar-refractivity contribution in [3.05, 3.63) is 35.4 Å². The van der Waals surface area contributed by atoms with E-state index in [9.17, 15) is 8.78 Å². The van der Waals surface area contributed by atoms with E-state index in [0.717, 1.165) is 5.56 Å². The van der Waals surface area contributed by atoms with E-state index in [1.54, 1.807) is 6.07 Å². The molecule has 0 aromatic heterocycles. The summed E-state index contributed by atoms with van der Waals surface area (Å²) in [5.74, 6) is -1.57. The highest BCUT2D eigenvalue weighted by Gasteiger charge is 2.06. The van der Waals surface area contributed by atoms with Crippen molar-refractivity contribution in [3.8, 4) is 0 Å². The molecule has 0 amide bonds. The van der Waals surface area contributed by atoms with Crippen LogP contribution in [0.3, 0.4) is 0 Å². The Morgan fingerprint density at radius 3 is 2.36 bits per heavy atom. The number of hydrogen-bond donors (Lipinski definition) is 0. The van der Waals surface area contributed by atoms with E-state index in [1.165, 1.54) is 12.1 Å². The number of rotatable bonds is 3. The van der Waals surface area contributed by atoms with E-state index in [1.807, 2.05) is 7.05 Å². The van der Waals surface area contributed by atoms with Crippen LogP contribution in [0.4, 0.5) is 8.78 Å². The Balaban J connectivity index is 2.73. The summed E-state index contributed by atoms with van der Waals surface area (Å²) in [4.78, 5) is 2.06. The minimum absolute atomic E-state index is 0.392. The van der Waals surface area contributed by atoms with Gasteiger partial charge in [-0.15, -0.1) is 0 Å². The fourth-order valence-corrected chi connectivity index (χ4v) is 1.11. The van der Waals surface area contributed by atoms with Crippen molar-refractivity contribution < 1.29 is 8.78 Å². The molecule has 1 aromatic carbocycles. The number of benzene rings is 1. The molecule has 0 saturated heterocycles. The average molecular weight is 199 g/mol. The highest BCUT2D eigenvalue weighted by molar-refractivity contribution is 5.17. The first kappa shape index (κ1) is 11.1. The summed E-state index contributed by atoms with van der Waals surface area (Å²) in [7, 11) is 1.95. The zero-order valence-electron chi connectivity index (χ0n) is 8.72. The molecule has 1 aromatic rings. The van der Waals surface area contributed by atoms with Crippen LogP contribution >= 0.6 is 0 Å². The quantitative estimate of drug-likeness (QED) is 0.723. The zero-order chi connectivity index (χ0) is 10.7. The van der Waals surface area contributed by atoms with Gasteiger partial charge in [-0.2, -0.15) is 0 Å². The van der Waals surface area contributed by atoms with E-state index in [2.05, 4.69) is 18.7 Å². The molecule has 0 saturated carbocycles. The predicted molar refractivity (Wildman–Crippen MR) is 53.0 cm³/mol. The molecule has 0 aliphatic heterocycles. The van der Waals surface area contributed by atoms with Crippen molar-refractivity contribution in [2.24, 2.45) is 0 Å². The van der Waals surface area contributed by atoms with Crippen molar-refractivity contribution in [1.82, 2.24) is 4.90 Å². The summed E-state index contributed by atoms with van der Waals surface area (Å²) in [5.41, 5.74) is 0.792. The van der Waals surface area contributed by atoms with Crippen LogP contribution in [0.1, 0.15) is 19.4 Å². The van der Waals surface area contributed by atoms with Gasteiger partial charge in [0, 0.05) is 12.6 Å². The summed E-state index contributed by atoms with van der Waals surface area (Å²) < 4.78 is 25.4. The SMILES string of the molecule is CC(C)N(C)Cc1ccc(F)c(F)c1. The molecule has 0 atom stereocenters. The molecule has 78 valence electrons. The van der Waals surface area contributed by atoms with Gasteiger partial charge in [0.2, 0.25) is 0 Å². The first-order valence-electron chi connectivity index (χ1n) is 4.65. The van der Waals surface area contributed by atoms with Gasteiger partial charge in [-0.3, -0.25) is 4.90 Å². The maximum Gasteiger partial charge on any atom is 0.159 e. The smallest absolute Gasteiger partial charge is 0.159 e. The highest BCUT2D eigenvalue weighted by atomic mass is 19.2. The van der Waals surface area contributed by atoms with Gasteiger partial charge in [0.05, 0.1) is 0 Å². The van der Waals surface area contributed by atoms with Gasteiger partial charge in [-0.25, -0.2) is 8.78 Å². The Labute approximate surface area is 83.3 Å². The van der Waals surface area contributed by atoms with Crippen molar-refractivity contribution >= 4 is 0 Å². The minimum Gasteiger partial charge on any atom is -0.300 e. The van der Waals surface area contributed by atoms with Crippen molar-refractivity contribution in [2.45, 2.75) is 26.4 Å². The third-order valence-corrected chi connectivity index (χ3v) is 2.30. The first-order chi connectivity index (χ1) is 6.50. The normalized spacial score (nSPS) is 11.4. The number of hydrogen-bond acceptors (Lipinski definition) is 1. The summed E-state index contributed by atoms with van der Waals surface area (Å²) in [6.45, 7) is 4.74. The van der Waals surface area contributed by atoms with Crippen LogP contribution < -0.4 is 0 Å². The fraction of sp³-hybridized carbons (Fsp3) is 0.455. The maximum absolute atomic E-state index is 12.8. The molecule has 0 unspecified atom stereocenters. The molecule has 1 rings (SSSR count). The molecule has 0 N–H and O–H groups in total. The molecule has 1 nitrogen and oxygen atoms in total. The Bertz CT molecular complexity index is 310. The Morgan fingerprint density at radius 1 is 1.21 bits per heavy atom. The molecule has 3 heteroatoms. The zero-order valence-corrected chi connectivity index (χ0v) is 8.72. The summed E-state index contributed by atoms with van der Waals surface area (Å²) in [6.07, 6.45) is 0. The largest absolute Gasteiger partial charge is 0.300 e. The summed E-state index contributed by atoms with van der Waals surface area (Å²) in [5, 5.41) is 0. The van der Waals surface area contributed by atoms with E-state index >= 15 is 0 Å². The number of nitrogens with zero attached hydrogens (tertiary/aromatic N) is 1. The van der Waals surface area contributed by atoms with Gasteiger partial charge >= 0.3 is 0 Å². The van der Waals surface area contributed by atoms with E-state index < -0.39 is 11.6 Å². The minimum atomic E-state index is -0.791. The Kier molecular flexibility index (Phi) is 3.58. The second-order valence-corrected chi connectivity index (χ2v) is 3.76. The third-order valence-electron chi connectivity index (χ3n) is 2.30. The standard InChI is InChI=1S/C11H15F2N/c1-8(2)14(3)7-9-4-5-10(12)11(13)6-9/h4-6,8H,7H2,1-3H3. The lowest BCUT2D eigenvalue weighted by Gasteiger charge is -2.20. The van der Waals surface area contributed by atoms with Crippen LogP contribution in [0, 0.1) is 11.6 Å². The highest BCUT2D eigenvalue weighted by Crippen LogP contribution is 2.11. The topological polar surface area (TPSA) is 3.24 Å². The molecule has 0 spiro atoms. The molecule has 14 heavy (non-hydrogen) atoms. The molecule has 0 aliphatic rings. The fourth-order valence-electron chi connectivity index (χ4n) is 1.11.